The van der Waals surface area contributed by atoms with Gasteiger partial charge in [0.25, 0.3) is 5.91 Å². The molecule has 118 valence electrons. The normalized spacial score (nSPS) is 18.3. The average Bonchev–Trinajstić information content (AvgIpc) is 3.20. The molecule has 0 radical (unpaired) electrons. The SMILES string of the molecule is CNC(=O)c1cn[nH]c1C1(C)CCN(Cc2ncc[nH]2)CC1. The van der Waals surface area contributed by atoms with Gasteiger partial charge in [-0.15, -0.1) is 0 Å². The van der Waals surface area contributed by atoms with Crippen molar-refractivity contribution >= 4 is 5.91 Å². The molecule has 7 heteroatoms. The molecule has 2 aromatic heterocycles. The number of carbonyl (C=O) groups is 1. The molecule has 1 fully saturated rings. The number of piperidine rings is 1. The van der Waals surface area contributed by atoms with Gasteiger partial charge in [-0.2, -0.15) is 5.10 Å². The predicted octanol–water partition coefficient (Wildman–Crippen LogP) is 1.05. The fraction of sp³-hybridized carbons (Fsp3) is 0.533. The summed E-state index contributed by atoms with van der Waals surface area (Å²) in [6, 6.07) is 0. The van der Waals surface area contributed by atoms with Gasteiger partial charge in [-0.1, -0.05) is 6.92 Å². The molecule has 0 aromatic carbocycles. The van der Waals surface area contributed by atoms with E-state index in [0.717, 1.165) is 44.0 Å². The number of rotatable bonds is 4. The first-order valence-electron chi connectivity index (χ1n) is 7.59. The Morgan fingerprint density at radius 2 is 2.23 bits per heavy atom. The number of aromatic nitrogens is 4. The Balaban J connectivity index is 1.69. The third-order valence-corrected chi connectivity index (χ3v) is 4.60. The van der Waals surface area contributed by atoms with Gasteiger partial charge in [0.2, 0.25) is 0 Å². The van der Waals surface area contributed by atoms with E-state index in [1.54, 1.807) is 19.4 Å². The zero-order valence-electron chi connectivity index (χ0n) is 13.0. The van der Waals surface area contributed by atoms with E-state index in [1.165, 1.54) is 0 Å². The lowest BCUT2D eigenvalue weighted by Gasteiger charge is -2.38. The van der Waals surface area contributed by atoms with Gasteiger partial charge in [-0.3, -0.25) is 14.8 Å². The van der Waals surface area contributed by atoms with E-state index in [9.17, 15) is 4.79 Å². The number of imidazole rings is 1. The van der Waals surface area contributed by atoms with Crippen molar-refractivity contribution in [3.63, 3.8) is 0 Å². The molecule has 0 atom stereocenters. The number of hydrogen-bond acceptors (Lipinski definition) is 4. The minimum Gasteiger partial charge on any atom is -0.355 e. The largest absolute Gasteiger partial charge is 0.355 e. The quantitative estimate of drug-likeness (QED) is 0.787. The van der Waals surface area contributed by atoms with Crippen molar-refractivity contribution in [2.75, 3.05) is 20.1 Å². The van der Waals surface area contributed by atoms with Crippen molar-refractivity contribution in [3.8, 4) is 0 Å². The summed E-state index contributed by atoms with van der Waals surface area (Å²) in [5.74, 6) is 0.916. The Kier molecular flexibility index (Phi) is 3.98. The fourth-order valence-corrected chi connectivity index (χ4v) is 3.10. The molecule has 1 aliphatic heterocycles. The third-order valence-electron chi connectivity index (χ3n) is 4.60. The van der Waals surface area contributed by atoms with Crippen molar-refractivity contribution in [1.29, 1.82) is 0 Å². The molecule has 3 N–H and O–H groups in total. The van der Waals surface area contributed by atoms with Gasteiger partial charge in [-0.05, 0) is 25.9 Å². The second-order valence-corrected chi connectivity index (χ2v) is 6.11. The summed E-state index contributed by atoms with van der Waals surface area (Å²) >= 11 is 0. The first-order chi connectivity index (χ1) is 10.6. The smallest absolute Gasteiger partial charge is 0.254 e. The fourth-order valence-electron chi connectivity index (χ4n) is 3.10. The van der Waals surface area contributed by atoms with Gasteiger partial charge >= 0.3 is 0 Å². The minimum atomic E-state index is -0.0806. The topological polar surface area (TPSA) is 89.7 Å². The maximum atomic E-state index is 12.0. The lowest BCUT2D eigenvalue weighted by atomic mass is 9.76. The maximum Gasteiger partial charge on any atom is 0.254 e. The third kappa shape index (κ3) is 2.76. The zero-order chi connectivity index (χ0) is 15.6. The molecule has 22 heavy (non-hydrogen) atoms. The average molecular weight is 302 g/mol. The number of nitrogens with zero attached hydrogens (tertiary/aromatic N) is 3. The molecular formula is C15H22N6O. The van der Waals surface area contributed by atoms with Crippen molar-refractivity contribution in [2.45, 2.75) is 31.7 Å². The number of aromatic amines is 2. The Labute approximate surface area is 129 Å². The summed E-state index contributed by atoms with van der Waals surface area (Å²) in [5.41, 5.74) is 1.56. The molecule has 1 saturated heterocycles. The Morgan fingerprint density at radius 1 is 1.45 bits per heavy atom. The molecule has 1 amide bonds. The lowest BCUT2D eigenvalue weighted by molar-refractivity contribution is 0.0957. The summed E-state index contributed by atoms with van der Waals surface area (Å²) in [7, 11) is 1.65. The summed E-state index contributed by atoms with van der Waals surface area (Å²) in [5, 5.41) is 9.80. The van der Waals surface area contributed by atoms with Crippen LogP contribution in [0.1, 0.15) is 41.6 Å². The number of H-pyrrole nitrogens is 2. The van der Waals surface area contributed by atoms with Crippen LogP contribution >= 0.6 is 0 Å². The Bertz CT molecular complexity index is 624. The van der Waals surface area contributed by atoms with Crippen LogP contribution in [0.4, 0.5) is 0 Å². The summed E-state index contributed by atoms with van der Waals surface area (Å²) in [6.07, 6.45) is 7.22. The van der Waals surface area contributed by atoms with Gasteiger partial charge in [0.15, 0.2) is 0 Å². The van der Waals surface area contributed by atoms with Crippen LogP contribution in [0.2, 0.25) is 0 Å². The minimum absolute atomic E-state index is 0.0436. The second-order valence-electron chi connectivity index (χ2n) is 6.11. The number of likely N-dealkylation sites (tertiary alicyclic amines) is 1. The number of amides is 1. The zero-order valence-corrected chi connectivity index (χ0v) is 13.0. The predicted molar refractivity (Wildman–Crippen MR) is 82.4 cm³/mol. The van der Waals surface area contributed by atoms with Crippen LogP contribution in [0.25, 0.3) is 0 Å². The van der Waals surface area contributed by atoms with Gasteiger partial charge < -0.3 is 10.3 Å². The molecule has 1 aliphatic rings. The number of hydrogen-bond donors (Lipinski definition) is 3. The summed E-state index contributed by atoms with van der Waals surface area (Å²) < 4.78 is 0. The van der Waals surface area contributed by atoms with E-state index in [2.05, 4.69) is 37.3 Å². The molecule has 2 aromatic rings. The highest BCUT2D eigenvalue weighted by Crippen LogP contribution is 2.35. The molecule has 0 bridgehead atoms. The second kappa shape index (κ2) is 5.92. The van der Waals surface area contributed by atoms with Crippen molar-refractivity contribution in [2.24, 2.45) is 0 Å². The van der Waals surface area contributed by atoms with Gasteiger partial charge in [0.1, 0.15) is 5.82 Å². The number of carbonyl (C=O) groups excluding carboxylic acids is 1. The highest BCUT2D eigenvalue weighted by molar-refractivity contribution is 5.95. The van der Waals surface area contributed by atoms with Crippen LogP contribution in [0, 0.1) is 0 Å². The van der Waals surface area contributed by atoms with E-state index in [4.69, 9.17) is 0 Å². The highest BCUT2D eigenvalue weighted by atomic mass is 16.1. The van der Waals surface area contributed by atoms with Gasteiger partial charge in [0.05, 0.1) is 24.0 Å². The first-order valence-corrected chi connectivity index (χ1v) is 7.59. The Hall–Kier alpha value is -2.15. The van der Waals surface area contributed by atoms with Crippen LogP contribution in [0.15, 0.2) is 18.6 Å². The van der Waals surface area contributed by atoms with Crippen LogP contribution in [0.3, 0.4) is 0 Å². The molecule has 0 aliphatic carbocycles. The molecule has 3 heterocycles. The van der Waals surface area contributed by atoms with Crippen molar-refractivity contribution < 1.29 is 4.79 Å². The molecule has 0 unspecified atom stereocenters. The standard InChI is InChI=1S/C15H22N6O/c1-15(13-11(9-19-20-13)14(22)16-2)3-7-21(8-4-15)10-12-17-5-6-18-12/h5-6,9H,3-4,7-8,10H2,1-2H3,(H,16,22)(H,17,18)(H,19,20). The monoisotopic (exact) mass is 302 g/mol. The summed E-state index contributed by atoms with van der Waals surface area (Å²) in [6.45, 7) is 5.00. The van der Waals surface area contributed by atoms with Crippen LogP contribution < -0.4 is 5.32 Å². The van der Waals surface area contributed by atoms with Gasteiger partial charge in [0, 0.05) is 24.9 Å². The van der Waals surface area contributed by atoms with Gasteiger partial charge in [-0.25, -0.2) is 4.98 Å². The summed E-state index contributed by atoms with van der Waals surface area (Å²) in [4.78, 5) is 21.8. The molecule has 0 spiro atoms. The van der Waals surface area contributed by atoms with E-state index < -0.39 is 0 Å². The van der Waals surface area contributed by atoms with Crippen LogP contribution in [0.5, 0.6) is 0 Å². The van der Waals surface area contributed by atoms with E-state index >= 15 is 0 Å². The molecule has 7 nitrogen and oxygen atoms in total. The van der Waals surface area contributed by atoms with Crippen molar-refractivity contribution in [3.05, 3.63) is 35.7 Å². The van der Waals surface area contributed by atoms with E-state index in [1.807, 2.05) is 6.20 Å². The molecule has 0 saturated carbocycles. The van der Waals surface area contributed by atoms with E-state index in [0.29, 0.717) is 5.56 Å². The highest BCUT2D eigenvalue weighted by Gasteiger charge is 2.36. The Morgan fingerprint density at radius 3 is 2.86 bits per heavy atom. The first kappa shape index (κ1) is 14.8. The van der Waals surface area contributed by atoms with Crippen LogP contribution in [-0.2, 0) is 12.0 Å². The number of nitrogens with one attached hydrogen (secondary N) is 3. The molecule has 3 rings (SSSR count). The van der Waals surface area contributed by atoms with Crippen molar-refractivity contribution in [1.82, 2.24) is 30.4 Å². The van der Waals surface area contributed by atoms with E-state index in [-0.39, 0.29) is 11.3 Å². The lowest BCUT2D eigenvalue weighted by Crippen LogP contribution is -2.41. The van der Waals surface area contributed by atoms with Crippen LogP contribution in [-0.4, -0.2) is 51.1 Å². The molecular weight excluding hydrogens is 280 g/mol. The maximum absolute atomic E-state index is 12.0.